The van der Waals surface area contributed by atoms with Gasteiger partial charge in [0.2, 0.25) is 5.88 Å². The normalized spacial score (nSPS) is 10.7. The van der Waals surface area contributed by atoms with Gasteiger partial charge in [-0.1, -0.05) is 15.9 Å². The summed E-state index contributed by atoms with van der Waals surface area (Å²) in [5.74, 6) is 1.26. The zero-order chi connectivity index (χ0) is 14.1. The van der Waals surface area contributed by atoms with E-state index in [0.717, 1.165) is 26.7 Å². The van der Waals surface area contributed by atoms with Crippen molar-refractivity contribution in [3.05, 3.63) is 52.8 Å². The van der Waals surface area contributed by atoms with Crippen LogP contribution in [0.1, 0.15) is 5.56 Å². The molecule has 1 aromatic heterocycles. The minimum absolute atomic E-state index is 0.525. The maximum Gasteiger partial charge on any atom is 0.230 e. The first kappa shape index (κ1) is 12.9. The number of rotatable bonds is 2. The van der Waals surface area contributed by atoms with Gasteiger partial charge in [-0.15, -0.1) is 0 Å². The lowest BCUT2D eigenvalue weighted by atomic mass is 10.2. The van der Waals surface area contributed by atoms with Crippen molar-refractivity contribution in [3.8, 4) is 11.6 Å². The summed E-state index contributed by atoms with van der Waals surface area (Å²) in [6.45, 7) is 2.01. The molecule has 4 nitrogen and oxygen atoms in total. The second-order valence-corrected chi connectivity index (χ2v) is 5.32. The number of hydrogen-bond donors (Lipinski definition) is 1. The van der Waals surface area contributed by atoms with Crippen molar-refractivity contribution in [2.24, 2.45) is 0 Å². The van der Waals surface area contributed by atoms with Crippen molar-refractivity contribution < 1.29 is 4.74 Å². The van der Waals surface area contributed by atoms with Gasteiger partial charge in [-0.25, -0.2) is 9.97 Å². The van der Waals surface area contributed by atoms with Gasteiger partial charge in [0.05, 0.1) is 10.9 Å². The van der Waals surface area contributed by atoms with Crippen LogP contribution in [0.5, 0.6) is 11.6 Å². The van der Waals surface area contributed by atoms with Crippen LogP contribution in [0.2, 0.25) is 0 Å². The Kier molecular flexibility index (Phi) is 3.28. The second-order valence-electron chi connectivity index (χ2n) is 4.47. The number of anilines is 1. The van der Waals surface area contributed by atoms with Crippen molar-refractivity contribution in [1.29, 1.82) is 0 Å². The third-order valence-corrected chi connectivity index (χ3v) is 3.86. The fourth-order valence-electron chi connectivity index (χ4n) is 1.92. The average Bonchev–Trinajstić information content (AvgIpc) is 2.43. The molecule has 20 heavy (non-hydrogen) atoms. The molecule has 0 saturated carbocycles. The maximum atomic E-state index is 5.85. The van der Waals surface area contributed by atoms with Gasteiger partial charge in [-0.2, -0.15) is 0 Å². The number of nitrogens with zero attached hydrogens (tertiary/aromatic N) is 2. The molecule has 2 aromatic carbocycles. The SMILES string of the molecule is Cc1cc(Oc2ncnc3cc(N)ccc23)ccc1Br. The standard InChI is InChI=1S/C15H12BrN3O/c1-9-6-11(3-5-13(9)16)20-15-12-4-2-10(17)7-14(12)18-8-19-15/h2-8H,17H2,1H3. The fourth-order valence-corrected chi connectivity index (χ4v) is 2.17. The summed E-state index contributed by atoms with van der Waals surface area (Å²) in [6, 6.07) is 11.3. The molecule has 0 amide bonds. The highest BCUT2D eigenvalue weighted by Crippen LogP contribution is 2.29. The van der Waals surface area contributed by atoms with Gasteiger partial charge < -0.3 is 10.5 Å². The van der Waals surface area contributed by atoms with Crippen molar-refractivity contribution in [1.82, 2.24) is 9.97 Å². The summed E-state index contributed by atoms with van der Waals surface area (Å²) in [5, 5.41) is 0.835. The highest BCUT2D eigenvalue weighted by molar-refractivity contribution is 9.10. The summed E-state index contributed by atoms with van der Waals surface area (Å²) in [4.78, 5) is 8.40. The molecule has 100 valence electrons. The highest BCUT2D eigenvalue weighted by Gasteiger charge is 2.07. The monoisotopic (exact) mass is 329 g/mol. The molecule has 0 aliphatic carbocycles. The number of fused-ring (bicyclic) bond motifs is 1. The molecular weight excluding hydrogens is 318 g/mol. The Morgan fingerprint density at radius 3 is 2.75 bits per heavy atom. The Bertz CT molecular complexity index is 789. The molecule has 2 N–H and O–H groups in total. The van der Waals surface area contributed by atoms with E-state index >= 15 is 0 Å². The molecule has 0 bridgehead atoms. The quantitative estimate of drug-likeness (QED) is 0.720. The first-order chi connectivity index (χ1) is 9.63. The minimum Gasteiger partial charge on any atom is -0.438 e. The Morgan fingerprint density at radius 1 is 1.10 bits per heavy atom. The molecule has 0 radical (unpaired) electrons. The van der Waals surface area contributed by atoms with Gasteiger partial charge in [0, 0.05) is 10.2 Å². The predicted molar refractivity (Wildman–Crippen MR) is 82.9 cm³/mol. The van der Waals surface area contributed by atoms with E-state index in [1.807, 2.05) is 37.3 Å². The van der Waals surface area contributed by atoms with E-state index in [1.54, 1.807) is 6.07 Å². The van der Waals surface area contributed by atoms with Crippen LogP contribution >= 0.6 is 15.9 Å². The van der Waals surface area contributed by atoms with Crippen LogP contribution < -0.4 is 10.5 Å². The van der Waals surface area contributed by atoms with E-state index in [9.17, 15) is 0 Å². The second kappa shape index (κ2) is 5.09. The number of aryl methyl sites for hydroxylation is 1. The van der Waals surface area contributed by atoms with Gasteiger partial charge in [0.1, 0.15) is 12.1 Å². The number of hydrogen-bond acceptors (Lipinski definition) is 4. The van der Waals surface area contributed by atoms with E-state index < -0.39 is 0 Å². The lowest BCUT2D eigenvalue weighted by Crippen LogP contribution is -1.93. The number of halogens is 1. The number of aromatic nitrogens is 2. The fraction of sp³-hybridized carbons (Fsp3) is 0.0667. The van der Waals surface area contributed by atoms with Crippen molar-refractivity contribution >= 4 is 32.5 Å². The molecule has 0 unspecified atom stereocenters. The largest absolute Gasteiger partial charge is 0.438 e. The first-order valence-electron chi connectivity index (χ1n) is 6.08. The topological polar surface area (TPSA) is 61.0 Å². The number of nitrogen functional groups attached to an aromatic ring is 1. The molecule has 5 heteroatoms. The molecule has 3 rings (SSSR count). The number of ether oxygens (including phenoxy) is 1. The molecular formula is C15H12BrN3O. The number of nitrogens with two attached hydrogens (primary N) is 1. The summed E-state index contributed by atoms with van der Waals surface area (Å²) in [7, 11) is 0. The van der Waals surface area contributed by atoms with E-state index in [0.29, 0.717) is 11.6 Å². The van der Waals surface area contributed by atoms with Crippen LogP contribution in [0.15, 0.2) is 47.2 Å². The van der Waals surface area contributed by atoms with Gasteiger partial charge in [0.25, 0.3) is 0 Å². The van der Waals surface area contributed by atoms with Gasteiger partial charge in [-0.3, -0.25) is 0 Å². The third kappa shape index (κ3) is 2.44. The molecule has 0 spiro atoms. The van der Waals surface area contributed by atoms with E-state index in [1.165, 1.54) is 6.33 Å². The lowest BCUT2D eigenvalue weighted by molar-refractivity contribution is 0.467. The predicted octanol–water partition coefficient (Wildman–Crippen LogP) is 4.08. The van der Waals surface area contributed by atoms with Crippen molar-refractivity contribution in [2.45, 2.75) is 6.92 Å². The van der Waals surface area contributed by atoms with E-state index in [2.05, 4.69) is 25.9 Å². The molecule has 0 fully saturated rings. The molecule has 0 atom stereocenters. The van der Waals surface area contributed by atoms with Crippen LogP contribution in [-0.2, 0) is 0 Å². The van der Waals surface area contributed by atoms with Crippen molar-refractivity contribution in [3.63, 3.8) is 0 Å². The first-order valence-corrected chi connectivity index (χ1v) is 6.87. The minimum atomic E-state index is 0.525. The Hall–Kier alpha value is -2.14. The molecule has 0 saturated heterocycles. The van der Waals surface area contributed by atoms with Gasteiger partial charge in [-0.05, 0) is 48.9 Å². The Labute approximate surface area is 124 Å². The molecule has 3 aromatic rings. The summed E-state index contributed by atoms with van der Waals surface area (Å²) >= 11 is 3.47. The van der Waals surface area contributed by atoms with Crippen LogP contribution in [0.4, 0.5) is 5.69 Å². The maximum absolute atomic E-state index is 5.85. The van der Waals surface area contributed by atoms with E-state index in [4.69, 9.17) is 10.5 Å². The van der Waals surface area contributed by atoms with Gasteiger partial charge in [0.15, 0.2) is 0 Å². The highest BCUT2D eigenvalue weighted by atomic mass is 79.9. The van der Waals surface area contributed by atoms with Crippen molar-refractivity contribution in [2.75, 3.05) is 5.73 Å². The summed E-state index contributed by atoms with van der Waals surface area (Å²) in [6.07, 6.45) is 1.48. The summed E-state index contributed by atoms with van der Waals surface area (Å²) < 4.78 is 6.90. The smallest absolute Gasteiger partial charge is 0.230 e. The van der Waals surface area contributed by atoms with Gasteiger partial charge >= 0.3 is 0 Å². The lowest BCUT2D eigenvalue weighted by Gasteiger charge is -2.08. The van der Waals surface area contributed by atoms with E-state index in [-0.39, 0.29) is 0 Å². The van der Waals surface area contributed by atoms with Crippen LogP contribution in [-0.4, -0.2) is 9.97 Å². The molecule has 1 heterocycles. The van der Waals surface area contributed by atoms with Crippen LogP contribution in [0, 0.1) is 6.92 Å². The average molecular weight is 330 g/mol. The number of benzene rings is 2. The third-order valence-electron chi connectivity index (χ3n) is 2.97. The zero-order valence-electron chi connectivity index (χ0n) is 10.8. The molecule has 0 aliphatic heterocycles. The molecule has 0 aliphatic rings. The zero-order valence-corrected chi connectivity index (χ0v) is 12.4. The van der Waals surface area contributed by atoms with Crippen LogP contribution in [0.3, 0.4) is 0 Å². The summed E-state index contributed by atoms with van der Waals surface area (Å²) in [5.41, 5.74) is 8.29. The van der Waals surface area contributed by atoms with Crippen LogP contribution in [0.25, 0.3) is 10.9 Å². The Balaban J connectivity index is 2.04. The Morgan fingerprint density at radius 2 is 1.95 bits per heavy atom.